The van der Waals surface area contributed by atoms with Crippen molar-refractivity contribution in [2.75, 3.05) is 4.90 Å². The van der Waals surface area contributed by atoms with Crippen molar-refractivity contribution in [1.29, 1.82) is 0 Å². The Kier molecular flexibility index (Phi) is 5.64. The van der Waals surface area contributed by atoms with E-state index >= 15 is 0 Å². The van der Waals surface area contributed by atoms with E-state index in [9.17, 15) is 4.79 Å². The van der Waals surface area contributed by atoms with Crippen LogP contribution in [-0.2, 0) is 4.74 Å². The highest BCUT2D eigenvalue weighted by atomic mass is 16.6. The second-order valence-corrected chi connectivity index (χ2v) is 8.68. The van der Waals surface area contributed by atoms with Crippen molar-refractivity contribution in [3.8, 4) is 0 Å². The van der Waals surface area contributed by atoms with Gasteiger partial charge in [0, 0.05) is 0 Å². The van der Waals surface area contributed by atoms with Crippen LogP contribution in [0, 0.1) is 6.92 Å². The van der Waals surface area contributed by atoms with Crippen molar-refractivity contribution >= 4 is 17.4 Å². The predicted octanol–water partition coefficient (Wildman–Crippen LogP) is 5.66. The Labute approximate surface area is 172 Å². The summed E-state index contributed by atoms with van der Waals surface area (Å²) < 4.78 is 7.61. The fourth-order valence-corrected chi connectivity index (χ4v) is 3.32. The van der Waals surface area contributed by atoms with Crippen LogP contribution in [0.5, 0.6) is 0 Å². The highest BCUT2D eigenvalue weighted by molar-refractivity contribution is 5.93. The Morgan fingerprint density at radius 1 is 1.14 bits per heavy atom. The van der Waals surface area contributed by atoms with Crippen molar-refractivity contribution in [3.05, 3.63) is 59.5 Å². The van der Waals surface area contributed by atoms with Gasteiger partial charge in [-0.15, -0.1) is 0 Å². The largest absolute Gasteiger partial charge is 0.443 e. The van der Waals surface area contributed by atoms with Gasteiger partial charge in [0.05, 0.1) is 29.3 Å². The lowest BCUT2D eigenvalue weighted by atomic mass is 10.1. The first-order valence-electron chi connectivity index (χ1n) is 10.0. The van der Waals surface area contributed by atoms with Crippen LogP contribution in [0.1, 0.15) is 70.5 Å². The molecule has 0 N–H and O–H groups in total. The van der Waals surface area contributed by atoms with Gasteiger partial charge in [0.2, 0.25) is 0 Å². The molecule has 0 saturated carbocycles. The molecule has 0 aliphatic carbocycles. The molecule has 0 saturated heterocycles. The molecule has 3 rings (SSSR count). The first-order chi connectivity index (χ1) is 13.6. The zero-order valence-corrected chi connectivity index (χ0v) is 18.3. The first-order valence-corrected chi connectivity index (χ1v) is 10.0. The molecule has 0 fully saturated rings. The van der Waals surface area contributed by atoms with E-state index in [1.54, 1.807) is 4.90 Å². The summed E-state index contributed by atoms with van der Waals surface area (Å²) in [4.78, 5) is 19.6. The standard InChI is InChI=1S/C23H30N4O2/c1-15(2)20-14-24-21-19(13-16(3)25-27(20)21)26(22(28)29-23(5,6)7)17(4)18-11-9-8-10-12-18/h8-15,17H,1-7H3/t17-/m0/s1. The second kappa shape index (κ2) is 7.85. The van der Waals surface area contributed by atoms with Crippen LogP contribution in [0.2, 0.25) is 0 Å². The van der Waals surface area contributed by atoms with Gasteiger partial charge in [0.25, 0.3) is 0 Å². The molecule has 3 aromatic rings. The third-order valence-corrected chi connectivity index (χ3v) is 4.71. The molecule has 154 valence electrons. The van der Waals surface area contributed by atoms with Gasteiger partial charge >= 0.3 is 6.09 Å². The molecule has 6 nitrogen and oxygen atoms in total. The number of carbonyl (C=O) groups is 1. The van der Waals surface area contributed by atoms with Crippen molar-refractivity contribution in [1.82, 2.24) is 14.6 Å². The number of ether oxygens (including phenoxy) is 1. The van der Waals surface area contributed by atoms with Gasteiger partial charge in [-0.25, -0.2) is 14.3 Å². The smallest absolute Gasteiger partial charge is 0.415 e. The molecule has 29 heavy (non-hydrogen) atoms. The van der Waals surface area contributed by atoms with E-state index in [1.807, 2.05) is 81.7 Å². The van der Waals surface area contributed by atoms with Crippen molar-refractivity contribution < 1.29 is 9.53 Å². The van der Waals surface area contributed by atoms with Crippen LogP contribution in [0.25, 0.3) is 5.65 Å². The zero-order valence-electron chi connectivity index (χ0n) is 18.3. The van der Waals surface area contributed by atoms with Crippen LogP contribution >= 0.6 is 0 Å². The molecule has 0 radical (unpaired) electrons. The van der Waals surface area contributed by atoms with Crippen LogP contribution in [-0.4, -0.2) is 26.3 Å². The van der Waals surface area contributed by atoms with E-state index in [2.05, 4.69) is 23.9 Å². The summed E-state index contributed by atoms with van der Waals surface area (Å²) in [6.07, 6.45) is 1.42. The molecule has 0 unspecified atom stereocenters. The SMILES string of the molecule is Cc1cc(N(C(=O)OC(C)(C)C)[C@@H](C)c2ccccc2)c2ncc(C(C)C)n2n1. The number of amides is 1. The highest BCUT2D eigenvalue weighted by Gasteiger charge is 2.31. The Bertz CT molecular complexity index is 1000. The van der Waals surface area contributed by atoms with Crippen molar-refractivity contribution in [2.45, 2.75) is 66.0 Å². The molecule has 1 atom stereocenters. The number of hydrogen-bond acceptors (Lipinski definition) is 4. The fourth-order valence-electron chi connectivity index (χ4n) is 3.32. The van der Waals surface area contributed by atoms with Crippen molar-refractivity contribution in [2.24, 2.45) is 0 Å². The van der Waals surface area contributed by atoms with Gasteiger partial charge in [-0.2, -0.15) is 5.10 Å². The number of aryl methyl sites for hydroxylation is 1. The molecule has 2 heterocycles. The van der Waals surface area contributed by atoms with Crippen LogP contribution < -0.4 is 4.90 Å². The quantitative estimate of drug-likeness (QED) is 0.572. The topological polar surface area (TPSA) is 59.7 Å². The minimum absolute atomic E-state index is 0.240. The van der Waals surface area contributed by atoms with Crippen LogP contribution in [0.15, 0.2) is 42.6 Å². The van der Waals surface area contributed by atoms with E-state index in [1.165, 1.54) is 0 Å². The number of rotatable bonds is 4. The average molecular weight is 395 g/mol. The van der Waals surface area contributed by atoms with E-state index in [4.69, 9.17) is 4.74 Å². The number of imidazole rings is 1. The summed E-state index contributed by atoms with van der Waals surface area (Å²) in [5, 5.41) is 4.64. The third-order valence-electron chi connectivity index (χ3n) is 4.71. The van der Waals surface area contributed by atoms with E-state index in [0.29, 0.717) is 11.3 Å². The number of fused-ring (bicyclic) bond motifs is 1. The van der Waals surface area contributed by atoms with Crippen molar-refractivity contribution in [3.63, 3.8) is 0 Å². The maximum Gasteiger partial charge on any atom is 0.415 e. The Morgan fingerprint density at radius 3 is 2.38 bits per heavy atom. The molecule has 6 heteroatoms. The monoisotopic (exact) mass is 394 g/mol. The fraction of sp³-hybridized carbons (Fsp3) is 0.435. The lowest BCUT2D eigenvalue weighted by Crippen LogP contribution is -2.39. The van der Waals surface area contributed by atoms with Gasteiger partial charge in [0.15, 0.2) is 5.65 Å². The van der Waals surface area contributed by atoms with Gasteiger partial charge in [-0.3, -0.25) is 4.90 Å². The lowest BCUT2D eigenvalue weighted by molar-refractivity contribution is 0.0567. The van der Waals surface area contributed by atoms with Crippen LogP contribution in [0.3, 0.4) is 0 Å². The number of carbonyl (C=O) groups excluding carboxylic acids is 1. The Hall–Kier alpha value is -2.89. The first kappa shape index (κ1) is 20.8. The minimum atomic E-state index is -0.609. The van der Waals surface area contributed by atoms with E-state index in [-0.39, 0.29) is 12.0 Å². The predicted molar refractivity (Wildman–Crippen MR) is 115 cm³/mol. The van der Waals surface area contributed by atoms with Gasteiger partial charge in [0.1, 0.15) is 5.60 Å². The lowest BCUT2D eigenvalue weighted by Gasteiger charge is -2.32. The average Bonchev–Trinajstić information content (AvgIpc) is 3.05. The number of benzene rings is 1. The summed E-state index contributed by atoms with van der Waals surface area (Å²) in [5.41, 5.74) is 3.55. The van der Waals surface area contributed by atoms with E-state index < -0.39 is 11.7 Å². The molecule has 0 aliphatic heterocycles. The summed E-state index contributed by atoms with van der Waals surface area (Å²) in [6, 6.07) is 11.6. The normalized spacial score (nSPS) is 13.0. The molecule has 0 bridgehead atoms. The molecular weight excluding hydrogens is 364 g/mol. The summed E-state index contributed by atoms with van der Waals surface area (Å²) in [5.74, 6) is 0.258. The summed E-state index contributed by atoms with van der Waals surface area (Å²) >= 11 is 0. The number of hydrogen-bond donors (Lipinski definition) is 0. The van der Waals surface area contributed by atoms with Gasteiger partial charge in [-0.05, 0) is 52.2 Å². The van der Waals surface area contributed by atoms with Gasteiger partial charge in [-0.1, -0.05) is 44.2 Å². The molecule has 0 spiro atoms. The highest BCUT2D eigenvalue weighted by Crippen LogP contribution is 2.33. The molecule has 2 aromatic heterocycles. The number of nitrogens with zero attached hydrogens (tertiary/aromatic N) is 4. The molecule has 1 amide bonds. The molecule has 1 aromatic carbocycles. The summed E-state index contributed by atoms with van der Waals surface area (Å²) in [7, 11) is 0. The molecule has 0 aliphatic rings. The number of aromatic nitrogens is 3. The number of anilines is 1. The maximum atomic E-state index is 13.3. The third kappa shape index (κ3) is 4.42. The zero-order chi connectivity index (χ0) is 21.3. The van der Waals surface area contributed by atoms with E-state index in [0.717, 1.165) is 17.0 Å². The Balaban J connectivity index is 2.20. The summed E-state index contributed by atoms with van der Waals surface area (Å²) in [6.45, 7) is 13.7. The van der Waals surface area contributed by atoms with Gasteiger partial charge < -0.3 is 4.74 Å². The maximum absolute atomic E-state index is 13.3. The molecular formula is C23H30N4O2. The van der Waals surface area contributed by atoms with Crippen LogP contribution in [0.4, 0.5) is 10.5 Å². The Morgan fingerprint density at radius 2 is 1.79 bits per heavy atom. The second-order valence-electron chi connectivity index (χ2n) is 8.68. The minimum Gasteiger partial charge on any atom is -0.443 e.